The molecule has 0 atom stereocenters. The highest BCUT2D eigenvalue weighted by molar-refractivity contribution is 5.91. The zero-order valence-corrected chi connectivity index (χ0v) is 18.1. The summed E-state index contributed by atoms with van der Waals surface area (Å²) in [5, 5.41) is 9.34. The molecule has 6 rings (SSSR count). The first-order valence-electron chi connectivity index (χ1n) is 11.0. The van der Waals surface area contributed by atoms with E-state index >= 15 is 0 Å². The van der Waals surface area contributed by atoms with Gasteiger partial charge in [-0.1, -0.05) is 101 Å². The van der Waals surface area contributed by atoms with Crippen LogP contribution >= 0.6 is 0 Å². The normalized spacial score (nSPS) is 11.4. The highest BCUT2D eigenvalue weighted by atomic mass is 16.5. The fourth-order valence-electron chi connectivity index (χ4n) is 3.82. The fraction of sp³-hybridized carbons (Fsp3) is 0. The second-order valence-corrected chi connectivity index (χ2v) is 7.89. The number of hydrogen-bond acceptors (Lipinski definition) is 5. The lowest BCUT2D eigenvalue weighted by molar-refractivity contribution is 0.432. The first-order chi connectivity index (χ1) is 16.8. The van der Waals surface area contributed by atoms with Crippen LogP contribution in [0.3, 0.4) is 0 Å². The molecule has 5 nitrogen and oxygen atoms in total. The summed E-state index contributed by atoms with van der Waals surface area (Å²) in [6.45, 7) is 0. The average Bonchev–Trinajstić information content (AvgIpc) is 3.57. The summed E-state index contributed by atoms with van der Waals surface area (Å²) in [7, 11) is 0. The Morgan fingerprint density at radius 2 is 1.18 bits per heavy atom. The van der Waals surface area contributed by atoms with E-state index in [2.05, 4.69) is 51.7 Å². The van der Waals surface area contributed by atoms with Gasteiger partial charge in [0.15, 0.2) is 5.58 Å². The molecule has 5 heteroatoms. The molecule has 0 N–H and O–H groups in total. The van der Waals surface area contributed by atoms with Crippen LogP contribution in [0, 0.1) is 0 Å². The van der Waals surface area contributed by atoms with Crippen LogP contribution in [0.4, 0.5) is 0 Å². The minimum absolute atomic E-state index is 0.505. The van der Waals surface area contributed by atoms with Crippen molar-refractivity contribution in [2.75, 3.05) is 0 Å². The van der Waals surface area contributed by atoms with Gasteiger partial charge in [-0.05, 0) is 35.4 Å². The number of nitrogens with zero attached hydrogens (tertiary/aromatic N) is 3. The summed E-state index contributed by atoms with van der Waals surface area (Å²) in [6.07, 6.45) is 4.16. The molecule has 4 aromatic carbocycles. The molecule has 0 spiro atoms. The molecule has 2 heterocycles. The van der Waals surface area contributed by atoms with Gasteiger partial charge in [-0.15, -0.1) is 0 Å². The molecule has 0 aliphatic carbocycles. The number of benzene rings is 4. The van der Waals surface area contributed by atoms with Crippen LogP contribution in [-0.2, 0) is 0 Å². The van der Waals surface area contributed by atoms with Crippen LogP contribution in [0.25, 0.3) is 57.2 Å². The van der Waals surface area contributed by atoms with E-state index in [-0.39, 0.29) is 0 Å². The van der Waals surface area contributed by atoms with Gasteiger partial charge in [-0.25, -0.2) is 0 Å². The van der Waals surface area contributed by atoms with Gasteiger partial charge in [0, 0.05) is 22.1 Å². The van der Waals surface area contributed by atoms with Crippen molar-refractivity contribution in [2.45, 2.75) is 0 Å². The molecule has 0 fully saturated rings. The SMILES string of the molecule is C(=Cc1ccc(-c2noc3ccccc23)cc1)c1ccc(-c2nc(-c3ccccc3)no2)cc1. The van der Waals surface area contributed by atoms with E-state index in [0.717, 1.165) is 44.5 Å². The van der Waals surface area contributed by atoms with Crippen LogP contribution in [0.1, 0.15) is 11.1 Å². The maximum atomic E-state index is 5.45. The van der Waals surface area contributed by atoms with Crippen LogP contribution in [-0.4, -0.2) is 15.3 Å². The number of aromatic nitrogens is 3. The van der Waals surface area contributed by atoms with Gasteiger partial charge in [-0.2, -0.15) is 4.98 Å². The molecular weight excluding hydrogens is 422 g/mol. The van der Waals surface area contributed by atoms with Crippen LogP contribution in [0.2, 0.25) is 0 Å². The summed E-state index contributed by atoms with van der Waals surface area (Å²) in [6, 6.07) is 34.0. The molecule has 0 saturated heterocycles. The molecule has 0 aliphatic rings. The van der Waals surface area contributed by atoms with Crippen LogP contribution in [0.15, 0.2) is 112 Å². The Hall–Kier alpha value is -4.77. The van der Waals surface area contributed by atoms with Gasteiger partial charge < -0.3 is 9.05 Å². The van der Waals surface area contributed by atoms with Crippen molar-refractivity contribution in [2.24, 2.45) is 0 Å². The van der Waals surface area contributed by atoms with Crippen molar-refractivity contribution in [1.29, 1.82) is 0 Å². The standard InChI is InChI=1S/C29H19N3O2/c1-2-6-23(7-3-1)28-30-29(34-32-28)24-18-14-21(15-19-24)11-10-20-12-16-22(17-13-20)27-25-8-4-5-9-26(25)33-31-27/h1-19H. The second-order valence-electron chi connectivity index (χ2n) is 7.89. The quantitative estimate of drug-likeness (QED) is 0.261. The molecule has 6 aromatic rings. The molecule has 0 saturated carbocycles. The summed E-state index contributed by atoms with van der Waals surface area (Å²) in [4.78, 5) is 4.51. The minimum Gasteiger partial charge on any atom is -0.356 e. The van der Waals surface area contributed by atoms with E-state index in [0.29, 0.717) is 11.7 Å². The van der Waals surface area contributed by atoms with Crippen molar-refractivity contribution in [3.05, 3.63) is 114 Å². The third kappa shape index (κ3) is 3.91. The van der Waals surface area contributed by atoms with Crippen molar-refractivity contribution >= 4 is 23.1 Å². The first kappa shape index (κ1) is 19.9. The van der Waals surface area contributed by atoms with Gasteiger partial charge in [0.2, 0.25) is 5.82 Å². The Kier molecular flexibility index (Phi) is 5.05. The molecule has 0 radical (unpaired) electrons. The molecular formula is C29H19N3O2. The predicted molar refractivity (Wildman–Crippen MR) is 134 cm³/mol. The lowest BCUT2D eigenvalue weighted by Gasteiger charge is -1.99. The van der Waals surface area contributed by atoms with Crippen molar-refractivity contribution in [3.8, 4) is 34.1 Å². The second kappa shape index (κ2) is 8.64. The summed E-state index contributed by atoms with van der Waals surface area (Å²) in [5.74, 6) is 1.09. The molecule has 162 valence electrons. The van der Waals surface area contributed by atoms with Gasteiger partial charge in [0.1, 0.15) is 5.69 Å². The Labute approximate surface area is 196 Å². The van der Waals surface area contributed by atoms with Crippen molar-refractivity contribution in [3.63, 3.8) is 0 Å². The van der Waals surface area contributed by atoms with E-state index < -0.39 is 0 Å². The number of hydrogen-bond donors (Lipinski definition) is 0. The summed E-state index contributed by atoms with van der Waals surface area (Å²) < 4.78 is 10.9. The number of para-hydroxylation sites is 1. The monoisotopic (exact) mass is 441 g/mol. The third-order valence-corrected chi connectivity index (χ3v) is 5.65. The molecule has 0 aliphatic heterocycles. The zero-order valence-electron chi connectivity index (χ0n) is 18.1. The lowest BCUT2D eigenvalue weighted by Crippen LogP contribution is -1.81. The minimum atomic E-state index is 0.505. The maximum Gasteiger partial charge on any atom is 0.258 e. The van der Waals surface area contributed by atoms with E-state index in [1.54, 1.807) is 0 Å². The number of fused-ring (bicyclic) bond motifs is 1. The van der Waals surface area contributed by atoms with Crippen molar-refractivity contribution < 1.29 is 9.05 Å². The average molecular weight is 441 g/mol. The Morgan fingerprint density at radius 1 is 0.529 bits per heavy atom. The molecule has 2 aromatic heterocycles. The maximum absolute atomic E-state index is 5.45. The smallest absolute Gasteiger partial charge is 0.258 e. The summed E-state index contributed by atoms with van der Waals surface area (Å²) in [5.41, 5.74) is 6.68. The molecule has 0 bridgehead atoms. The number of rotatable bonds is 5. The third-order valence-electron chi connectivity index (χ3n) is 5.65. The van der Waals surface area contributed by atoms with Crippen LogP contribution in [0.5, 0.6) is 0 Å². The largest absolute Gasteiger partial charge is 0.356 e. The van der Waals surface area contributed by atoms with E-state index in [4.69, 9.17) is 9.05 Å². The Balaban J connectivity index is 1.17. The molecule has 0 amide bonds. The predicted octanol–water partition coefficient (Wildman–Crippen LogP) is 7.38. The van der Waals surface area contributed by atoms with E-state index in [1.807, 2.05) is 78.9 Å². The molecule has 34 heavy (non-hydrogen) atoms. The van der Waals surface area contributed by atoms with E-state index in [9.17, 15) is 0 Å². The van der Waals surface area contributed by atoms with Gasteiger partial charge >= 0.3 is 0 Å². The Bertz CT molecular complexity index is 1580. The zero-order chi connectivity index (χ0) is 22.7. The Morgan fingerprint density at radius 3 is 1.91 bits per heavy atom. The first-order valence-corrected chi connectivity index (χ1v) is 11.0. The molecule has 0 unspecified atom stereocenters. The fourth-order valence-corrected chi connectivity index (χ4v) is 3.82. The lowest BCUT2D eigenvalue weighted by atomic mass is 10.0. The van der Waals surface area contributed by atoms with Gasteiger partial charge in [0.05, 0.1) is 0 Å². The highest BCUT2D eigenvalue weighted by Crippen LogP contribution is 2.28. The van der Waals surface area contributed by atoms with Gasteiger partial charge in [-0.3, -0.25) is 0 Å². The summed E-state index contributed by atoms with van der Waals surface area (Å²) >= 11 is 0. The van der Waals surface area contributed by atoms with Crippen molar-refractivity contribution in [1.82, 2.24) is 15.3 Å². The highest BCUT2D eigenvalue weighted by Gasteiger charge is 2.11. The van der Waals surface area contributed by atoms with Gasteiger partial charge in [0.25, 0.3) is 5.89 Å². The van der Waals surface area contributed by atoms with Crippen LogP contribution < -0.4 is 0 Å². The topological polar surface area (TPSA) is 65.0 Å². The van der Waals surface area contributed by atoms with E-state index in [1.165, 1.54) is 0 Å².